The predicted molar refractivity (Wildman–Crippen MR) is 180 cm³/mol. The van der Waals surface area contributed by atoms with Crippen molar-refractivity contribution >= 4 is 63.3 Å². The summed E-state index contributed by atoms with van der Waals surface area (Å²) in [6, 6.07) is 19.5. The fraction of sp³-hybridized carbons (Fsp3) is 0.188. The summed E-state index contributed by atoms with van der Waals surface area (Å²) in [4.78, 5) is 55.6. The molecule has 2 amide bonds. The number of rotatable bonds is 5. The molecule has 3 aromatic carbocycles. The second-order valence-corrected chi connectivity index (χ2v) is 12.0. The van der Waals surface area contributed by atoms with Crippen molar-refractivity contribution in [3.05, 3.63) is 82.5 Å². The topological polar surface area (TPSA) is 192 Å². The molecular formula is C32H28N6O6P2V2. The molecule has 2 atom stereocenters. The molecule has 4 N–H and O–H groups in total. The van der Waals surface area contributed by atoms with Gasteiger partial charge in [0.25, 0.3) is 0 Å². The number of H-pyrrole nitrogens is 2. The molecule has 2 radical (unpaired) electrons. The standard InChI is InChI=1S/C28H20N4O2P2.2C2H5NO2.2V/c33-13-35-27-29-12-25(31-27)17-2-1-15-11-23-16(9-18(15)10-17)3-4-19-20-7-8-24-26(22(20)6-5-21(19)23)32-28(30-24)36-14-34;2*1-5-2(3)4;;/h1-2,5-6,9-12,35-36H,3-4,7-8H2,(H,29,31)(H,30,32);2*1H3,(H2,3,4);;/q-2;;;2*+2/p-2. The number of carbonyl (C=O) groups is 2. The summed E-state index contributed by atoms with van der Waals surface area (Å²) >= 11 is 0. The van der Waals surface area contributed by atoms with Crippen molar-refractivity contribution in [2.75, 3.05) is 14.2 Å². The molecule has 0 saturated heterocycles. The third-order valence-electron chi connectivity index (χ3n) is 7.68. The molecule has 2 aromatic heterocycles. The van der Waals surface area contributed by atoms with E-state index >= 15 is 0 Å². The van der Waals surface area contributed by atoms with Crippen molar-refractivity contribution in [2.45, 2.75) is 25.7 Å². The summed E-state index contributed by atoms with van der Waals surface area (Å²) in [5.74, 6) is 0. The molecule has 2 aliphatic rings. The summed E-state index contributed by atoms with van der Waals surface area (Å²) in [5.41, 5.74) is 25.5. The number of nitrogens with one attached hydrogen (secondary N) is 4. The van der Waals surface area contributed by atoms with Crippen LogP contribution in [0.2, 0.25) is 0 Å². The Kier molecular flexibility index (Phi) is 14.2. The first-order valence-corrected chi connectivity index (χ1v) is 16.0. The number of methoxy groups -OCH3 is 2. The van der Waals surface area contributed by atoms with Gasteiger partial charge in [-0.3, -0.25) is 9.59 Å². The molecule has 0 saturated carbocycles. The quantitative estimate of drug-likeness (QED) is 0.165. The molecule has 7 rings (SSSR count). The van der Waals surface area contributed by atoms with Crippen molar-refractivity contribution in [1.29, 1.82) is 0 Å². The van der Waals surface area contributed by atoms with Gasteiger partial charge in [-0.2, -0.15) is 17.2 Å². The van der Waals surface area contributed by atoms with Gasteiger partial charge in [-0.1, -0.05) is 30.3 Å². The molecule has 0 bridgehead atoms. The van der Waals surface area contributed by atoms with E-state index in [0.717, 1.165) is 68.1 Å². The van der Waals surface area contributed by atoms with E-state index in [0.29, 0.717) is 5.57 Å². The number of aromatic amines is 2. The van der Waals surface area contributed by atoms with Crippen LogP contribution in [0.4, 0.5) is 9.59 Å². The number of hydrogen-bond acceptors (Lipinski definition) is 8. The van der Waals surface area contributed by atoms with Crippen molar-refractivity contribution in [3.63, 3.8) is 0 Å². The Labute approximate surface area is 303 Å². The number of carbonyl (C=O) groups excluding carboxylic acids is 4. The Morgan fingerprint density at radius 3 is 2.06 bits per heavy atom. The van der Waals surface area contributed by atoms with E-state index in [9.17, 15) is 19.2 Å². The average Bonchev–Trinajstić information content (AvgIpc) is 3.71. The molecule has 2 unspecified atom stereocenters. The Bertz CT molecular complexity index is 1950. The summed E-state index contributed by atoms with van der Waals surface area (Å²) in [5, 5.41) is 2.41. The molecule has 2 heterocycles. The van der Waals surface area contributed by atoms with Crippen LogP contribution in [-0.4, -0.2) is 58.4 Å². The zero-order valence-corrected chi connectivity index (χ0v) is 30.5. The van der Waals surface area contributed by atoms with E-state index in [1.807, 2.05) is 12.1 Å². The van der Waals surface area contributed by atoms with Gasteiger partial charge in [0.1, 0.15) is 0 Å². The van der Waals surface area contributed by atoms with E-state index in [-0.39, 0.29) is 54.3 Å². The van der Waals surface area contributed by atoms with E-state index in [2.05, 4.69) is 66.9 Å². The number of nitrogens with zero attached hydrogens (tertiary/aromatic N) is 2. The molecule has 2 aliphatic carbocycles. The van der Waals surface area contributed by atoms with Crippen LogP contribution in [0.15, 0.2) is 48.7 Å². The van der Waals surface area contributed by atoms with Crippen LogP contribution in [0.1, 0.15) is 22.4 Å². The predicted octanol–water partition coefficient (Wildman–Crippen LogP) is 5.83. The maximum atomic E-state index is 10.9. The number of hydrogen-bond donors (Lipinski definition) is 2. The average molecular weight is 756 g/mol. The number of amides is 2. The molecule has 16 heteroatoms. The summed E-state index contributed by atoms with van der Waals surface area (Å²) < 4.78 is 7.56. The van der Waals surface area contributed by atoms with Crippen LogP contribution in [0.25, 0.3) is 55.9 Å². The van der Waals surface area contributed by atoms with Gasteiger partial charge in [0.15, 0.2) is 0 Å². The smallest absolute Gasteiger partial charge is 0.632 e. The number of imidazole rings is 2. The van der Waals surface area contributed by atoms with Crippen molar-refractivity contribution in [1.82, 2.24) is 19.9 Å². The van der Waals surface area contributed by atoms with E-state index < -0.39 is 12.2 Å². The van der Waals surface area contributed by atoms with Crippen LogP contribution < -0.4 is 11.1 Å². The van der Waals surface area contributed by atoms with Gasteiger partial charge in [-0.05, 0) is 76.4 Å². The Balaban J connectivity index is 0.000000461. The number of fused-ring (bicyclic) bond motifs is 8. The van der Waals surface area contributed by atoms with Crippen molar-refractivity contribution in [3.8, 4) is 33.6 Å². The molecular weight excluding hydrogens is 728 g/mol. The molecule has 12 nitrogen and oxygen atoms in total. The van der Waals surface area contributed by atoms with Crippen LogP contribution in [0, 0.1) is 0 Å². The second-order valence-electron chi connectivity index (χ2n) is 10.2. The minimum atomic E-state index is -0.995. The first-order chi connectivity index (χ1) is 22.3. The fourth-order valence-corrected chi connectivity index (χ4v) is 6.62. The van der Waals surface area contributed by atoms with Crippen LogP contribution in [0.3, 0.4) is 0 Å². The molecule has 0 spiro atoms. The van der Waals surface area contributed by atoms with Gasteiger partial charge in [0.05, 0.1) is 42.9 Å². The number of benzene rings is 3. The zero-order valence-electron chi connectivity index (χ0n) is 25.7. The molecule has 0 fully saturated rings. The van der Waals surface area contributed by atoms with Gasteiger partial charge in [-0.15, -0.1) is 0 Å². The molecule has 5 aromatic rings. The molecule has 0 aliphatic heterocycles. The zero-order chi connectivity index (χ0) is 32.8. The van der Waals surface area contributed by atoms with E-state index in [1.54, 1.807) is 6.20 Å². The van der Waals surface area contributed by atoms with Gasteiger partial charge in [0.2, 0.25) is 12.2 Å². The summed E-state index contributed by atoms with van der Waals surface area (Å²) in [6.45, 7) is 0. The summed E-state index contributed by atoms with van der Waals surface area (Å²) in [6.07, 6.45) is 3.72. The normalized spacial score (nSPS) is 12.0. The maximum Gasteiger partial charge on any atom is 2.00 e. The van der Waals surface area contributed by atoms with E-state index in [1.165, 1.54) is 44.2 Å². The first kappa shape index (κ1) is 38.7. The maximum absolute atomic E-state index is 10.9. The minimum Gasteiger partial charge on any atom is -0.632 e. The minimum absolute atomic E-state index is 0. The van der Waals surface area contributed by atoms with Crippen LogP contribution >= 0.6 is 17.2 Å². The first-order valence-electron chi connectivity index (χ1n) is 14.0. The van der Waals surface area contributed by atoms with Gasteiger partial charge < -0.3 is 40.5 Å². The Morgan fingerprint density at radius 2 is 1.40 bits per heavy atom. The van der Waals surface area contributed by atoms with Gasteiger partial charge >= 0.3 is 37.1 Å². The molecule has 242 valence electrons. The monoisotopic (exact) mass is 756 g/mol. The van der Waals surface area contributed by atoms with Crippen LogP contribution in [-0.2, 0) is 81.9 Å². The van der Waals surface area contributed by atoms with Gasteiger partial charge in [0, 0.05) is 16.8 Å². The third kappa shape index (κ3) is 8.63. The van der Waals surface area contributed by atoms with Crippen LogP contribution in [0.5, 0.6) is 0 Å². The fourth-order valence-electron chi connectivity index (χ4n) is 5.72. The Morgan fingerprint density at radius 1 is 0.771 bits per heavy atom. The number of ether oxygens (including phenoxy) is 2. The number of aromatic nitrogens is 4. The number of aryl methyl sites for hydroxylation is 2. The third-order valence-corrected chi connectivity index (χ3v) is 8.85. The summed E-state index contributed by atoms with van der Waals surface area (Å²) in [7, 11) is 2.19. The Hall–Kier alpha value is -3.75. The second kappa shape index (κ2) is 17.6. The SMILES string of the molecule is COC([NH-])=O.COC([NH-])=O.O=[C-]Pc1ncc(-c2ccc3cc4c(cc3c2)CCc2c-4ccc3c2CCc2[nH]c(P[C-]=O)nc2-3)[nH]1.[V+2].[V+2]. The van der Waals surface area contributed by atoms with Gasteiger partial charge in [-0.25, -0.2) is 22.0 Å². The molecule has 48 heavy (non-hydrogen) atoms. The largest absolute Gasteiger partial charge is 2.00 e. The van der Waals surface area contributed by atoms with Crippen molar-refractivity contribution in [2.24, 2.45) is 0 Å². The van der Waals surface area contributed by atoms with E-state index in [4.69, 9.17) is 16.5 Å². The van der Waals surface area contributed by atoms with Crippen molar-refractivity contribution < 1.29 is 65.8 Å².